The van der Waals surface area contributed by atoms with Crippen LogP contribution in [0, 0.1) is 10.8 Å². The summed E-state index contributed by atoms with van der Waals surface area (Å²) >= 11 is 0. The van der Waals surface area contributed by atoms with Gasteiger partial charge in [-0.2, -0.15) is 4.99 Å². The Morgan fingerprint density at radius 2 is 1.73 bits per heavy atom. The highest BCUT2D eigenvalue weighted by molar-refractivity contribution is 5.34. The minimum absolute atomic E-state index is 0.135. The van der Waals surface area contributed by atoms with Gasteiger partial charge in [0.25, 0.3) is 0 Å². The Balaban J connectivity index is 0.000000583. The molecular formula is C11H18N2O2. The van der Waals surface area contributed by atoms with Gasteiger partial charge in [-0.1, -0.05) is 20.3 Å². The van der Waals surface area contributed by atoms with Crippen molar-refractivity contribution < 1.29 is 9.59 Å². The van der Waals surface area contributed by atoms with Crippen molar-refractivity contribution in [2.24, 2.45) is 10.4 Å². The maximum absolute atomic E-state index is 10.2. The first-order valence-corrected chi connectivity index (χ1v) is 5.02. The van der Waals surface area contributed by atoms with Gasteiger partial charge in [0.05, 0.1) is 5.54 Å². The van der Waals surface area contributed by atoms with Crippen LogP contribution in [0.2, 0.25) is 0 Å². The lowest BCUT2D eigenvalue weighted by molar-refractivity contribution is 0.165. The summed E-state index contributed by atoms with van der Waals surface area (Å²) in [5.41, 5.74) is 0.205. The van der Waals surface area contributed by atoms with E-state index >= 15 is 0 Å². The average molecular weight is 210 g/mol. The van der Waals surface area contributed by atoms with Crippen LogP contribution in [0.5, 0.6) is 0 Å². The molecule has 0 saturated heterocycles. The highest BCUT2D eigenvalue weighted by Gasteiger charge is 2.36. The van der Waals surface area contributed by atoms with Gasteiger partial charge in [0, 0.05) is 0 Å². The van der Waals surface area contributed by atoms with Crippen LogP contribution in [-0.2, 0) is 9.59 Å². The van der Waals surface area contributed by atoms with Crippen molar-refractivity contribution in [1.29, 1.82) is 5.41 Å². The van der Waals surface area contributed by atoms with E-state index in [1.54, 1.807) is 6.08 Å². The van der Waals surface area contributed by atoms with Crippen LogP contribution in [0.3, 0.4) is 0 Å². The van der Waals surface area contributed by atoms with E-state index in [9.17, 15) is 4.79 Å². The van der Waals surface area contributed by atoms with E-state index in [1.807, 2.05) is 0 Å². The molecule has 0 spiro atoms. The monoisotopic (exact) mass is 210 g/mol. The summed E-state index contributed by atoms with van der Waals surface area (Å²) in [6, 6.07) is 0. The Kier molecular flexibility index (Phi) is 5.13. The van der Waals surface area contributed by atoms with Crippen molar-refractivity contribution in [3.8, 4) is 0 Å². The number of aliphatic imine (C=N–C) groups is 1. The number of nitrogens with zero attached hydrogens (tertiary/aromatic N) is 1. The Morgan fingerprint density at radius 1 is 1.20 bits per heavy atom. The Bertz CT molecular complexity index is 287. The molecule has 84 valence electrons. The van der Waals surface area contributed by atoms with Crippen molar-refractivity contribution in [3.05, 3.63) is 0 Å². The summed E-state index contributed by atoms with van der Waals surface area (Å²) in [7, 11) is 0. The summed E-state index contributed by atoms with van der Waals surface area (Å²) in [6.07, 6.45) is 6.91. The highest BCUT2D eigenvalue weighted by Crippen LogP contribution is 2.42. The normalized spacial score (nSPS) is 27.7. The molecule has 0 aromatic carbocycles. The van der Waals surface area contributed by atoms with Crippen molar-refractivity contribution in [2.75, 3.05) is 0 Å². The van der Waals surface area contributed by atoms with Gasteiger partial charge in [-0.15, -0.1) is 0 Å². The fourth-order valence-electron chi connectivity index (χ4n) is 2.36. The van der Waals surface area contributed by atoms with Crippen LogP contribution in [0.4, 0.5) is 0 Å². The third-order valence-electron chi connectivity index (χ3n) is 2.74. The number of nitrogens with one attached hydrogen (secondary N) is 1. The molecule has 1 saturated carbocycles. The molecule has 0 heterocycles. The summed E-state index contributed by atoms with van der Waals surface area (Å²) in [4.78, 5) is 22.5. The van der Waals surface area contributed by atoms with Crippen LogP contribution >= 0.6 is 0 Å². The van der Waals surface area contributed by atoms with Crippen LogP contribution < -0.4 is 0 Å². The van der Waals surface area contributed by atoms with E-state index in [1.165, 1.54) is 12.8 Å². The predicted molar refractivity (Wildman–Crippen MR) is 57.2 cm³/mol. The van der Waals surface area contributed by atoms with Crippen LogP contribution in [-0.4, -0.2) is 17.7 Å². The molecule has 4 nitrogen and oxygen atoms in total. The topological polar surface area (TPSA) is 70.3 Å². The molecule has 0 aliphatic heterocycles. The van der Waals surface area contributed by atoms with Gasteiger partial charge >= 0.3 is 0 Å². The molecule has 0 aromatic heterocycles. The molecule has 1 unspecified atom stereocenters. The third kappa shape index (κ3) is 5.26. The standard InChI is InChI=1S/C10H17NO.CHNO/c1-9(2)5-4-6-10(3,7-9)11-8-12;2-1-3/h4-7H2,1-3H3;2H. The predicted octanol–water partition coefficient (Wildman–Crippen LogP) is 2.58. The molecule has 1 aliphatic carbocycles. The largest absolute Gasteiger partial charge is 0.235 e. The molecule has 0 aromatic rings. The zero-order chi connectivity index (χ0) is 11.9. The van der Waals surface area contributed by atoms with Crippen molar-refractivity contribution in [3.63, 3.8) is 0 Å². The first kappa shape index (κ1) is 13.8. The molecule has 1 atom stereocenters. The van der Waals surface area contributed by atoms with Crippen molar-refractivity contribution in [1.82, 2.24) is 0 Å². The van der Waals surface area contributed by atoms with E-state index < -0.39 is 0 Å². The fourth-order valence-corrected chi connectivity index (χ4v) is 2.36. The molecule has 1 rings (SSSR count). The van der Waals surface area contributed by atoms with Gasteiger partial charge in [-0.3, -0.25) is 0 Å². The van der Waals surface area contributed by atoms with Gasteiger partial charge in [0.2, 0.25) is 12.2 Å². The maximum atomic E-state index is 10.2. The molecular weight excluding hydrogens is 192 g/mol. The Hall–Kier alpha value is -1.24. The van der Waals surface area contributed by atoms with E-state index in [2.05, 4.69) is 25.8 Å². The SMILES string of the molecule is CC1(C)CCCC(C)(N=C=O)C1.N=C=O. The lowest BCUT2D eigenvalue weighted by Crippen LogP contribution is -2.34. The maximum Gasteiger partial charge on any atom is 0.235 e. The third-order valence-corrected chi connectivity index (χ3v) is 2.74. The van der Waals surface area contributed by atoms with Gasteiger partial charge < -0.3 is 0 Å². The number of hydrogen-bond acceptors (Lipinski definition) is 4. The second-order valence-corrected chi connectivity index (χ2v) is 5.00. The highest BCUT2D eigenvalue weighted by atomic mass is 16.1. The van der Waals surface area contributed by atoms with Crippen molar-refractivity contribution in [2.45, 2.75) is 52.0 Å². The van der Waals surface area contributed by atoms with E-state index in [0.29, 0.717) is 5.41 Å². The van der Waals surface area contributed by atoms with Crippen LogP contribution in [0.1, 0.15) is 46.5 Å². The molecule has 0 amide bonds. The smallest absolute Gasteiger partial charge is 0.222 e. The lowest BCUT2D eigenvalue weighted by atomic mass is 9.69. The summed E-state index contributed by atoms with van der Waals surface area (Å²) in [6.45, 7) is 6.54. The zero-order valence-electron chi connectivity index (χ0n) is 9.59. The van der Waals surface area contributed by atoms with E-state index in [-0.39, 0.29) is 5.54 Å². The van der Waals surface area contributed by atoms with Gasteiger partial charge in [0.1, 0.15) is 0 Å². The Labute approximate surface area is 90.3 Å². The Morgan fingerprint density at radius 3 is 2.13 bits per heavy atom. The fraction of sp³-hybridized carbons (Fsp3) is 0.818. The quantitative estimate of drug-likeness (QED) is 0.533. The first-order valence-electron chi connectivity index (χ1n) is 5.02. The average Bonchev–Trinajstić information content (AvgIpc) is 2.02. The molecule has 15 heavy (non-hydrogen) atoms. The molecule has 0 radical (unpaired) electrons. The minimum Gasteiger partial charge on any atom is -0.222 e. The van der Waals surface area contributed by atoms with Crippen molar-refractivity contribution >= 4 is 12.2 Å². The molecule has 1 fully saturated rings. The number of rotatable bonds is 1. The number of carbonyl (C=O) groups excluding carboxylic acids is 2. The molecule has 1 aliphatic rings. The minimum atomic E-state index is -0.135. The summed E-state index contributed by atoms with van der Waals surface area (Å²) < 4.78 is 0. The number of isocyanates is 2. The second kappa shape index (κ2) is 5.59. The summed E-state index contributed by atoms with van der Waals surface area (Å²) in [5, 5.41) is 5.40. The van der Waals surface area contributed by atoms with Gasteiger partial charge in [-0.05, 0) is 31.6 Å². The second-order valence-electron chi connectivity index (χ2n) is 5.00. The van der Waals surface area contributed by atoms with Crippen LogP contribution in [0.15, 0.2) is 4.99 Å². The summed E-state index contributed by atoms with van der Waals surface area (Å²) in [5.74, 6) is 0. The molecule has 4 heteroatoms. The lowest BCUT2D eigenvalue weighted by Gasteiger charge is -2.39. The first-order chi connectivity index (χ1) is 6.89. The van der Waals surface area contributed by atoms with Gasteiger partial charge in [-0.25, -0.2) is 15.0 Å². The van der Waals surface area contributed by atoms with E-state index in [4.69, 9.17) is 10.2 Å². The molecule has 0 bridgehead atoms. The van der Waals surface area contributed by atoms with Crippen LogP contribution in [0.25, 0.3) is 0 Å². The van der Waals surface area contributed by atoms with E-state index in [0.717, 1.165) is 18.9 Å². The van der Waals surface area contributed by atoms with Gasteiger partial charge in [0.15, 0.2) is 0 Å². The molecule has 1 N–H and O–H groups in total. The zero-order valence-corrected chi connectivity index (χ0v) is 9.59. The number of hydrogen-bond donors (Lipinski definition) is 1.